The van der Waals surface area contributed by atoms with Crippen LogP contribution in [0.25, 0.3) is 0 Å². The van der Waals surface area contributed by atoms with Crippen LogP contribution in [0.5, 0.6) is 0 Å². The Morgan fingerprint density at radius 3 is 1.90 bits per heavy atom. The van der Waals surface area contributed by atoms with Gasteiger partial charge in [0.1, 0.15) is 0 Å². The maximum absolute atomic E-state index is 2.33. The van der Waals surface area contributed by atoms with Gasteiger partial charge in [0.2, 0.25) is 0 Å². The van der Waals surface area contributed by atoms with E-state index in [0.29, 0.717) is 0 Å². The van der Waals surface area contributed by atoms with Crippen molar-refractivity contribution in [3.63, 3.8) is 0 Å². The summed E-state index contributed by atoms with van der Waals surface area (Å²) in [6.45, 7) is 10.8. The van der Waals surface area contributed by atoms with E-state index in [1.807, 2.05) is 13.8 Å². The summed E-state index contributed by atoms with van der Waals surface area (Å²) in [7, 11) is 0. The van der Waals surface area contributed by atoms with Crippen LogP contribution in [-0.2, 0) is 0 Å². The summed E-state index contributed by atoms with van der Waals surface area (Å²) >= 11 is 0. The standard InChI is InChI=1S/C8H18.C2H6/c1-4-6-7-8(3)5-2;1-2/h8H,4-7H2,1-3H3;1-2H3/t8-;/m1./s1. The molecule has 0 aromatic rings. The lowest BCUT2D eigenvalue weighted by Crippen LogP contribution is -1.89. The summed E-state index contributed by atoms with van der Waals surface area (Å²) in [6.07, 6.45) is 5.53. The fraction of sp³-hybridized carbons (Fsp3) is 1.00. The third-order valence-electron chi connectivity index (χ3n) is 1.75. The van der Waals surface area contributed by atoms with Crippen molar-refractivity contribution in [2.75, 3.05) is 0 Å². The van der Waals surface area contributed by atoms with E-state index in [-0.39, 0.29) is 0 Å². The molecule has 0 fully saturated rings. The number of unbranched alkanes of at least 4 members (excludes halogenated alkanes) is 1. The molecule has 0 heteroatoms. The average Bonchev–Trinajstić information content (AvgIpc) is 2.04. The normalized spacial score (nSPS) is 11.7. The summed E-state index contributed by atoms with van der Waals surface area (Å²) in [5.74, 6) is 0.954. The van der Waals surface area contributed by atoms with Crippen LogP contribution in [-0.4, -0.2) is 0 Å². The van der Waals surface area contributed by atoms with Gasteiger partial charge in [-0.25, -0.2) is 0 Å². The SMILES string of the molecule is CC.CCCC[C@H](C)CC. The third-order valence-corrected chi connectivity index (χ3v) is 1.75. The van der Waals surface area contributed by atoms with E-state index in [2.05, 4.69) is 20.8 Å². The van der Waals surface area contributed by atoms with Crippen LogP contribution in [0.2, 0.25) is 0 Å². The highest BCUT2D eigenvalue weighted by molar-refractivity contribution is 4.47. The van der Waals surface area contributed by atoms with Crippen molar-refractivity contribution < 1.29 is 0 Å². The fourth-order valence-electron chi connectivity index (χ4n) is 0.757. The zero-order valence-electron chi connectivity index (χ0n) is 8.41. The summed E-state index contributed by atoms with van der Waals surface area (Å²) in [5, 5.41) is 0. The van der Waals surface area contributed by atoms with Gasteiger partial charge in [0.25, 0.3) is 0 Å². The highest BCUT2D eigenvalue weighted by Gasteiger charge is 1.94. The minimum Gasteiger partial charge on any atom is -0.0683 e. The van der Waals surface area contributed by atoms with Crippen LogP contribution < -0.4 is 0 Å². The van der Waals surface area contributed by atoms with Crippen LogP contribution in [0.4, 0.5) is 0 Å². The van der Waals surface area contributed by atoms with Gasteiger partial charge in [-0.15, -0.1) is 0 Å². The molecule has 0 saturated carbocycles. The second-order valence-electron chi connectivity index (χ2n) is 2.66. The minimum absolute atomic E-state index is 0.954. The van der Waals surface area contributed by atoms with E-state index >= 15 is 0 Å². The molecule has 0 aliphatic rings. The molecule has 0 rings (SSSR count). The largest absolute Gasteiger partial charge is 0.0683 e. The molecule has 0 amide bonds. The van der Waals surface area contributed by atoms with Crippen LogP contribution in [0.15, 0.2) is 0 Å². The molecule has 0 radical (unpaired) electrons. The molecule has 0 bridgehead atoms. The topological polar surface area (TPSA) is 0 Å². The number of hydrogen-bond donors (Lipinski definition) is 0. The summed E-state index contributed by atoms with van der Waals surface area (Å²) in [5.41, 5.74) is 0. The molecule has 0 saturated heterocycles. The molecular weight excluding hydrogens is 120 g/mol. The Bertz CT molecular complexity index is 39.3. The molecule has 10 heavy (non-hydrogen) atoms. The number of hydrogen-bond acceptors (Lipinski definition) is 0. The van der Waals surface area contributed by atoms with Crippen LogP contribution >= 0.6 is 0 Å². The Kier molecular flexibility index (Phi) is 14.9. The van der Waals surface area contributed by atoms with E-state index in [4.69, 9.17) is 0 Å². The fourth-order valence-corrected chi connectivity index (χ4v) is 0.757. The van der Waals surface area contributed by atoms with Gasteiger partial charge in [0.15, 0.2) is 0 Å². The molecule has 0 nitrogen and oxygen atoms in total. The zero-order chi connectivity index (χ0) is 8.41. The summed E-state index contributed by atoms with van der Waals surface area (Å²) in [6, 6.07) is 0. The minimum atomic E-state index is 0.954. The van der Waals surface area contributed by atoms with E-state index in [9.17, 15) is 0 Å². The molecule has 0 aliphatic carbocycles. The highest BCUT2D eigenvalue weighted by Crippen LogP contribution is 2.09. The van der Waals surface area contributed by atoms with Crippen molar-refractivity contribution >= 4 is 0 Å². The highest BCUT2D eigenvalue weighted by atomic mass is 14.0. The first-order chi connectivity index (χ1) is 4.81. The van der Waals surface area contributed by atoms with Gasteiger partial charge in [-0.1, -0.05) is 60.3 Å². The lowest BCUT2D eigenvalue weighted by molar-refractivity contribution is 0.492. The van der Waals surface area contributed by atoms with Crippen LogP contribution in [0.1, 0.15) is 60.3 Å². The molecule has 0 aromatic carbocycles. The maximum atomic E-state index is 2.33. The first kappa shape index (κ1) is 12.7. The van der Waals surface area contributed by atoms with Gasteiger partial charge in [0.05, 0.1) is 0 Å². The lowest BCUT2D eigenvalue weighted by Gasteiger charge is -2.04. The lowest BCUT2D eigenvalue weighted by atomic mass is 10.0. The van der Waals surface area contributed by atoms with Crippen molar-refractivity contribution in [2.24, 2.45) is 5.92 Å². The van der Waals surface area contributed by atoms with Crippen molar-refractivity contribution in [3.05, 3.63) is 0 Å². The van der Waals surface area contributed by atoms with E-state index < -0.39 is 0 Å². The first-order valence-electron chi connectivity index (χ1n) is 4.81. The summed E-state index contributed by atoms with van der Waals surface area (Å²) in [4.78, 5) is 0. The summed E-state index contributed by atoms with van der Waals surface area (Å²) < 4.78 is 0. The molecular formula is C10H24. The van der Waals surface area contributed by atoms with Crippen molar-refractivity contribution in [2.45, 2.75) is 60.3 Å². The molecule has 0 aliphatic heterocycles. The second-order valence-corrected chi connectivity index (χ2v) is 2.66. The van der Waals surface area contributed by atoms with E-state index in [0.717, 1.165) is 5.92 Å². The Balaban J connectivity index is 0. The molecule has 0 heterocycles. The molecule has 64 valence electrons. The maximum Gasteiger partial charge on any atom is -0.0445 e. The molecule has 0 aromatic heterocycles. The quantitative estimate of drug-likeness (QED) is 0.553. The molecule has 0 unspecified atom stereocenters. The van der Waals surface area contributed by atoms with Gasteiger partial charge in [-0.3, -0.25) is 0 Å². The van der Waals surface area contributed by atoms with Gasteiger partial charge < -0.3 is 0 Å². The second kappa shape index (κ2) is 11.8. The van der Waals surface area contributed by atoms with Gasteiger partial charge in [-0.05, 0) is 5.92 Å². The van der Waals surface area contributed by atoms with Crippen LogP contribution in [0.3, 0.4) is 0 Å². The smallest absolute Gasteiger partial charge is 0.0445 e. The van der Waals surface area contributed by atoms with Crippen LogP contribution in [0, 0.1) is 5.92 Å². The van der Waals surface area contributed by atoms with Crippen molar-refractivity contribution in [1.29, 1.82) is 0 Å². The molecule has 1 atom stereocenters. The Hall–Kier alpha value is 0. The monoisotopic (exact) mass is 144 g/mol. The Morgan fingerprint density at radius 2 is 1.60 bits per heavy atom. The molecule has 0 spiro atoms. The first-order valence-corrected chi connectivity index (χ1v) is 4.81. The van der Waals surface area contributed by atoms with Crippen molar-refractivity contribution in [3.8, 4) is 0 Å². The van der Waals surface area contributed by atoms with Crippen molar-refractivity contribution in [1.82, 2.24) is 0 Å². The Labute approximate surface area is 67.0 Å². The van der Waals surface area contributed by atoms with Gasteiger partial charge in [0, 0.05) is 0 Å². The van der Waals surface area contributed by atoms with E-state index in [1.54, 1.807) is 0 Å². The molecule has 0 N–H and O–H groups in total. The predicted molar refractivity (Wildman–Crippen MR) is 50.3 cm³/mol. The van der Waals surface area contributed by atoms with Gasteiger partial charge >= 0.3 is 0 Å². The van der Waals surface area contributed by atoms with Gasteiger partial charge in [-0.2, -0.15) is 0 Å². The Morgan fingerprint density at radius 1 is 1.10 bits per heavy atom. The van der Waals surface area contributed by atoms with E-state index in [1.165, 1.54) is 25.7 Å². The third kappa shape index (κ3) is 10.9. The average molecular weight is 144 g/mol. The predicted octanol–water partition coefficient (Wildman–Crippen LogP) is 4.25. The zero-order valence-corrected chi connectivity index (χ0v) is 8.41. The number of rotatable bonds is 4.